The number of hydrogen-bond donors (Lipinski definition) is 1. The Labute approximate surface area is 48.9 Å². The lowest BCUT2D eigenvalue weighted by Crippen LogP contribution is -1.96. The zero-order chi connectivity index (χ0) is 6.57. The van der Waals surface area contributed by atoms with Gasteiger partial charge in [-0.1, -0.05) is 0 Å². The second-order valence-electron chi connectivity index (χ2n) is 1.42. The second kappa shape index (κ2) is 3.18. The molecule has 0 unspecified atom stereocenters. The van der Waals surface area contributed by atoms with Crippen LogP contribution >= 0.6 is 0 Å². The predicted octanol–water partition coefficient (Wildman–Crippen LogP) is 1.05. The van der Waals surface area contributed by atoms with Crippen LogP contribution in [0.1, 0.15) is 13.8 Å². The lowest BCUT2D eigenvalue weighted by Gasteiger charge is -1.93. The molecule has 0 rings (SSSR count). The highest BCUT2D eigenvalue weighted by atomic mass is 16.5. The summed E-state index contributed by atoms with van der Waals surface area (Å²) in [7, 11) is 1.53. The molecule has 1 N–H and O–H groups in total. The highest BCUT2D eigenvalue weighted by Gasteiger charge is 1.83. The summed E-state index contributed by atoms with van der Waals surface area (Å²) in [6.07, 6.45) is 0. The smallest absolute Gasteiger partial charge is 0.186 e. The van der Waals surface area contributed by atoms with Crippen LogP contribution in [0.2, 0.25) is 0 Å². The van der Waals surface area contributed by atoms with E-state index in [0.717, 1.165) is 0 Å². The summed E-state index contributed by atoms with van der Waals surface area (Å²) >= 11 is 0. The molecule has 0 aliphatic rings. The molecule has 0 aromatic carbocycles. The van der Waals surface area contributed by atoms with Crippen molar-refractivity contribution in [1.82, 2.24) is 0 Å². The Morgan fingerprint density at radius 1 is 1.50 bits per heavy atom. The Morgan fingerprint density at radius 3 is 2.12 bits per heavy atom. The quantitative estimate of drug-likeness (QED) is 0.371. The first kappa shape index (κ1) is 7.14. The Morgan fingerprint density at radius 2 is 2.00 bits per heavy atom. The molecule has 46 valence electrons. The molecule has 0 aromatic heterocycles. The highest BCUT2D eigenvalue weighted by molar-refractivity contribution is 5.90. The molecule has 0 radical (unpaired) electrons. The van der Waals surface area contributed by atoms with E-state index in [-0.39, 0.29) is 5.84 Å². The molecule has 0 aliphatic heterocycles. The minimum Gasteiger partial charge on any atom is -0.484 e. The fourth-order valence-corrected chi connectivity index (χ4v) is 0.282. The minimum absolute atomic E-state index is 0.268. The number of nitrogens with zero attached hydrogens (tertiary/aromatic N) is 1. The van der Waals surface area contributed by atoms with E-state index in [4.69, 9.17) is 5.41 Å². The van der Waals surface area contributed by atoms with Gasteiger partial charge in [-0.25, -0.2) is 4.99 Å². The van der Waals surface area contributed by atoms with Gasteiger partial charge < -0.3 is 4.74 Å². The van der Waals surface area contributed by atoms with Crippen LogP contribution in [0.15, 0.2) is 4.99 Å². The van der Waals surface area contributed by atoms with Crippen LogP contribution in [0.3, 0.4) is 0 Å². The zero-order valence-electron chi connectivity index (χ0n) is 5.36. The van der Waals surface area contributed by atoms with Crippen LogP contribution in [-0.2, 0) is 4.74 Å². The number of aliphatic imine (C=N–C) groups is 1. The molecule has 0 aliphatic carbocycles. The molecule has 0 saturated heterocycles. The Hall–Kier alpha value is -0.860. The predicted molar refractivity (Wildman–Crippen MR) is 33.5 cm³/mol. The van der Waals surface area contributed by atoms with Gasteiger partial charge in [0.2, 0.25) is 0 Å². The maximum atomic E-state index is 6.86. The SMILES string of the molecule is CO/C(C)=N\C(C)=N. The monoisotopic (exact) mass is 114 g/mol. The van der Waals surface area contributed by atoms with E-state index in [1.54, 1.807) is 13.8 Å². The van der Waals surface area contributed by atoms with Crippen molar-refractivity contribution in [2.75, 3.05) is 7.11 Å². The van der Waals surface area contributed by atoms with Gasteiger partial charge in [0.05, 0.1) is 7.11 Å². The van der Waals surface area contributed by atoms with Crippen molar-refractivity contribution in [2.24, 2.45) is 4.99 Å². The first-order valence-corrected chi connectivity index (χ1v) is 2.31. The lowest BCUT2D eigenvalue weighted by molar-refractivity contribution is 0.400. The van der Waals surface area contributed by atoms with Crippen molar-refractivity contribution in [3.63, 3.8) is 0 Å². The average Bonchev–Trinajstić information content (AvgIpc) is 1.65. The van der Waals surface area contributed by atoms with Gasteiger partial charge in [-0.05, 0) is 6.92 Å². The van der Waals surface area contributed by atoms with Crippen molar-refractivity contribution in [2.45, 2.75) is 13.8 Å². The van der Waals surface area contributed by atoms with Crippen LogP contribution in [-0.4, -0.2) is 18.8 Å². The fraction of sp³-hybridized carbons (Fsp3) is 0.600. The van der Waals surface area contributed by atoms with E-state index in [2.05, 4.69) is 9.73 Å². The average molecular weight is 114 g/mol. The van der Waals surface area contributed by atoms with Crippen molar-refractivity contribution < 1.29 is 4.74 Å². The van der Waals surface area contributed by atoms with Gasteiger partial charge in [0.25, 0.3) is 0 Å². The maximum absolute atomic E-state index is 6.86. The van der Waals surface area contributed by atoms with Crippen LogP contribution in [0, 0.1) is 5.41 Å². The number of rotatable bonds is 0. The number of methoxy groups -OCH3 is 1. The van der Waals surface area contributed by atoms with Crippen LogP contribution < -0.4 is 0 Å². The molecule has 0 saturated carbocycles. The summed E-state index contributed by atoms with van der Waals surface area (Å²) < 4.78 is 4.67. The molecule has 3 heteroatoms. The van der Waals surface area contributed by atoms with Gasteiger partial charge in [-0.3, -0.25) is 5.41 Å². The van der Waals surface area contributed by atoms with Gasteiger partial charge in [0.1, 0.15) is 5.84 Å². The molecular formula is C5H10N2O. The molecule has 0 bridgehead atoms. The molecule has 0 fully saturated rings. The van der Waals surface area contributed by atoms with E-state index in [1.807, 2.05) is 0 Å². The van der Waals surface area contributed by atoms with E-state index < -0.39 is 0 Å². The van der Waals surface area contributed by atoms with Crippen molar-refractivity contribution in [1.29, 1.82) is 5.41 Å². The number of nitrogens with one attached hydrogen (secondary N) is 1. The Balaban J connectivity index is 3.75. The summed E-state index contributed by atoms with van der Waals surface area (Å²) in [6, 6.07) is 0. The lowest BCUT2D eigenvalue weighted by atomic mass is 10.7. The minimum atomic E-state index is 0.268. The third kappa shape index (κ3) is 3.33. The normalized spacial score (nSPS) is 11.1. The third-order valence-electron chi connectivity index (χ3n) is 0.621. The maximum Gasteiger partial charge on any atom is 0.186 e. The van der Waals surface area contributed by atoms with Gasteiger partial charge >= 0.3 is 0 Å². The third-order valence-corrected chi connectivity index (χ3v) is 0.621. The summed E-state index contributed by atoms with van der Waals surface area (Å²) in [5, 5.41) is 6.86. The van der Waals surface area contributed by atoms with Crippen molar-refractivity contribution in [3.05, 3.63) is 0 Å². The molecule has 0 spiro atoms. The van der Waals surface area contributed by atoms with E-state index in [1.165, 1.54) is 7.11 Å². The Bertz CT molecular complexity index is 118. The van der Waals surface area contributed by atoms with Crippen LogP contribution in [0.25, 0.3) is 0 Å². The zero-order valence-corrected chi connectivity index (χ0v) is 5.36. The van der Waals surface area contributed by atoms with Crippen LogP contribution in [0.5, 0.6) is 0 Å². The molecule has 3 nitrogen and oxygen atoms in total. The molecular weight excluding hydrogens is 104 g/mol. The number of amidine groups is 1. The highest BCUT2D eigenvalue weighted by Crippen LogP contribution is 1.78. The first-order chi connectivity index (χ1) is 3.66. The molecule has 0 aromatic rings. The number of ether oxygens (including phenoxy) is 1. The van der Waals surface area contributed by atoms with Gasteiger partial charge in [-0.2, -0.15) is 0 Å². The Kier molecular flexibility index (Phi) is 2.84. The fourth-order valence-electron chi connectivity index (χ4n) is 0.282. The summed E-state index contributed by atoms with van der Waals surface area (Å²) in [4.78, 5) is 3.67. The summed E-state index contributed by atoms with van der Waals surface area (Å²) in [6.45, 7) is 3.31. The summed E-state index contributed by atoms with van der Waals surface area (Å²) in [5.41, 5.74) is 0. The van der Waals surface area contributed by atoms with E-state index in [9.17, 15) is 0 Å². The second-order valence-corrected chi connectivity index (χ2v) is 1.42. The van der Waals surface area contributed by atoms with E-state index >= 15 is 0 Å². The molecule has 0 atom stereocenters. The standard InChI is InChI=1S/C5H10N2O/c1-4(6)7-5(2)8-3/h6H,1-3H3/b6-4?,7-5-. The molecule has 0 heterocycles. The largest absolute Gasteiger partial charge is 0.484 e. The van der Waals surface area contributed by atoms with Crippen LogP contribution in [0.4, 0.5) is 0 Å². The first-order valence-electron chi connectivity index (χ1n) is 2.31. The number of hydrogen-bond acceptors (Lipinski definition) is 2. The molecule has 0 amide bonds. The topological polar surface area (TPSA) is 45.4 Å². The molecule has 8 heavy (non-hydrogen) atoms. The van der Waals surface area contributed by atoms with Crippen molar-refractivity contribution >= 4 is 11.7 Å². The van der Waals surface area contributed by atoms with Gasteiger partial charge in [0.15, 0.2) is 5.90 Å². The summed E-state index contributed by atoms with van der Waals surface area (Å²) in [5.74, 6) is 0.793. The van der Waals surface area contributed by atoms with E-state index in [0.29, 0.717) is 5.90 Å². The van der Waals surface area contributed by atoms with Gasteiger partial charge in [-0.15, -0.1) is 0 Å². The van der Waals surface area contributed by atoms with Crippen molar-refractivity contribution in [3.8, 4) is 0 Å². The van der Waals surface area contributed by atoms with Gasteiger partial charge in [0, 0.05) is 6.92 Å².